The highest BCUT2D eigenvalue weighted by molar-refractivity contribution is 7.80. The zero-order valence-corrected chi connectivity index (χ0v) is 24.5. The lowest BCUT2D eigenvalue weighted by atomic mass is 10.3. The van der Waals surface area contributed by atoms with Crippen LogP contribution in [-0.2, 0) is 0 Å². The summed E-state index contributed by atoms with van der Waals surface area (Å²) in [4.78, 5) is 0. The van der Waals surface area contributed by atoms with Gasteiger partial charge < -0.3 is 4.74 Å². The standard InChI is InChI=1S/C36H24F4OP2/c37-25-9-17-29(18-10-25)42(30-19-11-26(38)12-20-30)35-7-3-1-5-33(35)41-34-6-2-4-8-36(34)43(31-21-13-27(39)14-22-31)32-23-15-28(40)16-24-32/h1-24H. The Balaban J connectivity index is 1.47. The molecule has 43 heavy (non-hydrogen) atoms. The van der Waals surface area contributed by atoms with Gasteiger partial charge in [0.15, 0.2) is 0 Å². The van der Waals surface area contributed by atoms with Crippen molar-refractivity contribution in [1.29, 1.82) is 0 Å². The van der Waals surface area contributed by atoms with Crippen molar-refractivity contribution in [3.05, 3.63) is 169 Å². The zero-order chi connectivity index (χ0) is 29.8. The topological polar surface area (TPSA) is 9.23 Å². The first kappa shape index (κ1) is 28.8. The summed E-state index contributed by atoms with van der Waals surface area (Å²) >= 11 is 0. The molecule has 0 radical (unpaired) electrons. The summed E-state index contributed by atoms with van der Waals surface area (Å²) < 4.78 is 62.4. The molecule has 0 saturated carbocycles. The van der Waals surface area contributed by atoms with Crippen molar-refractivity contribution in [2.75, 3.05) is 0 Å². The molecule has 0 aromatic heterocycles. The van der Waals surface area contributed by atoms with Crippen LogP contribution >= 0.6 is 15.8 Å². The van der Waals surface area contributed by atoms with E-state index in [-0.39, 0.29) is 23.3 Å². The zero-order valence-electron chi connectivity index (χ0n) is 22.7. The molecule has 0 bridgehead atoms. The molecule has 0 N–H and O–H groups in total. The third-order valence-electron chi connectivity index (χ3n) is 6.77. The Morgan fingerprint density at radius 2 is 0.581 bits per heavy atom. The lowest BCUT2D eigenvalue weighted by Crippen LogP contribution is -2.24. The average Bonchev–Trinajstić information content (AvgIpc) is 3.03. The maximum absolute atomic E-state index is 13.9. The minimum Gasteiger partial charge on any atom is -0.456 e. The van der Waals surface area contributed by atoms with Crippen molar-refractivity contribution in [1.82, 2.24) is 0 Å². The van der Waals surface area contributed by atoms with Gasteiger partial charge in [-0.3, -0.25) is 0 Å². The van der Waals surface area contributed by atoms with Crippen molar-refractivity contribution >= 4 is 47.7 Å². The van der Waals surface area contributed by atoms with E-state index in [0.717, 1.165) is 31.8 Å². The number of benzene rings is 6. The monoisotopic (exact) mass is 610 g/mol. The third kappa shape index (κ3) is 6.54. The summed E-state index contributed by atoms with van der Waals surface area (Å²) in [6.45, 7) is 0. The van der Waals surface area contributed by atoms with Gasteiger partial charge in [0, 0.05) is 10.6 Å². The molecule has 6 aromatic carbocycles. The van der Waals surface area contributed by atoms with Crippen molar-refractivity contribution in [3.8, 4) is 11.5 Å². The largest absolute Gasteiger partial charge is 0.456 e. The van der Waals surface area contributed by atoms with E-state index in [0.29, 0.717) is 11.5 Å². The minimum absolute atomic E-state index is 0.341. The van der Waals surface area contributed by atoms with E-state index in [1.54, 1.807) is 48.5 Å². The minimum atomic E-state index is -1.24. The number of hydrogen-bond donors (Lipinski definition) is 0. The maximum atomic E-state index is 13.9. The molecule has 6 rings (SSSR count). The summed E-state index contributed by atoms with van der Waals surface area (Å²) in [5.41, 5.74) is 0. The smallest absolute Gasteiger partial charge is 0.135 e. The number of rotatable bonds is 8. The molecule has 6 aromatic rings. The van der Waals surface area contributed by atoms with Gasteiger partial charge in [-0.25, -0.2) is 17.6 Å². The third-order valence-corrected chi connectivity index (χ3v) is 11.7. The highest BCUT2D eigenvalue weighted by Gasteiger charge is 2.24. The van der Waals surface area contributed by atoms with Crippen LogP contribution in [0.2, 0.25) is 0 Å². The highest BCUT2D eigenvalue weighted by Crippen LogP contribution is 2.41. The molecule has 0 heterocycles. The van der Waals surface area contributed by atoms with Crippen LogP contribution in [0.1, 0.15) is 0 Å². The van der Waals surface area contributed by atoms with Gasteiger partial charge in [0.05, 0.1) is 0 Å². The molecule has 0 saturated heterocycles. The fraction of sp³-hybridized carbons (Fsp3) is 0. The van der Waals surface area contributed by atoms with Crippen molar-refractivity contribution in [2.24, 2.45) is 0 Å². The molecule has 1 nitrogen and oxygen atoms in total. The van der Waals surface area contributed by atoms with Gasteiger partial charge in [-0.2, -0.15) is 0 Å². The van der Waals surface area contributed by atoms with Crippen LogP contribution in [0.5, 0.6) is 11.5 Å². The molecule has 0 aliphatic rings. The summed E-state index contributed by atoms with van der Waals surface area (Å²) in [5.74, 6) is -0.166. The summed E-state index contributed by atoms with van der Waals surface area (Å²) in [5, 5.41) is 5.27. The van der Waals surface area contributed by atoms with Gasteiger partial charge in [0.25, 0.3) is 0 Å². The Hall–Kier alpha value is -4.30. The lowest BCUT2D eigenvalue weighted by Gasteiger charge is -2.25. The predicted octanol–water partition coefficient (Wildman–Crippen LogP) is 7.55. The molecular weight excluding hydrogens is 586 g/mol. The van der Waals surface area contributed by atoms with Crippen molar-refractivity contribution < 1.29 is 22.3 Å². The van der Waals surface area contributed by atoms with Crippen LogP contribution in [0.3, 0.4) is 0 Å². The summed E-state index contributed by atoms with van der Waals surface area (Å²) in [7, 11) is -2.49. The first-order chi connectivity index (χ1) is 21.0. The van der Waals surface area contributed by atoms with Gasteiger partial charge in [0.2, 0.25) is 0 Å². The van der Waals surface area contributed by atoms with Crippen LogP contribution in [0, 0.1) is 23.3 Å². The van der Waals surface area contributed by atoms with Gasteiger partial charge in [0.1, 0.15) is 34.8 Å². The lowest BCUT2D eigenvalue weighted by molar-refractivity contribution is 0.491. The van der Waals surface area contributed by atoms with E-state index >= 15 is 0 Å². The van der Waals surface area contributed by atoms with Crippen LogP contribution in [-0.4, -0.2) is 0 Å². The Labute approximate surface area is 249 Å². The predicted molar refractivity (Wildman–Crippen MR) is 170 cm³/mol. The molecule has 0 unspecified atom stereocenters. The molecule has 212 valence electrons. The molecule has 0 atom stereocenters. The second-order valence-corrected chi connectivity index (χ2v) is 14.0. The van der Waals surface area contributed by atoms with Crippen molar-refractivity contribution in [2.45, 2.75) is 0 Å². The average molecular weight is 611 g/mol. The van der Waals surface area contributed by atoms with E-state index < -0.39 is 15.8 Å². The van der Waals surface area contributed by atoms with Gasteiger partial charge >= 0.3 is 0 Å². The maximum Gasteiger partial charge on any atom is 0.135 e. The second-order valence-electron chi connectivity index (χ2n) is 9.61. The van der Waals surface area contributed by atoms with E-state index in [9.17, 15) is 17.6 Å². The number of hydrogen-bond acceptors (Lipinski definition) is 1. The fourth-order valence-electron chi connectivity index (χ4n) is 4.79. The number of para-hydroxylation sites is 2. The summed E-state index contributed by atoms with van der Waals surface area (Å²) in [6.07, 6.45) is 0. The van der Waals surface area contributed by atoms with Gasteiger partial charge in [-0.15, -0.1) is 0 Å². The Bertz CT molecular complexity index is 1600. The number of halogens is 4. The highest BCUT2D eigenvalue weighted by atomic mass is 31.1. The molecule has 0 fully saturated rings. The first-order valence-electron chi connectivity index (χ1n) is 13.4. The fourth-order valence-corrected chi connectivity index (χ4v) is 9.44. The molecular formula is C36H24F4OP2. The molecule has 0 aliphatic heterocycles. The van der Waals surface area contributed by atoms with E-state index in [1.165, 1.54) is 48.5 Å². The van der Waals surface area contributed by atoms with E-state index in [2.05, 4.69) is 0 Å². The molecule has 7 heteroatoms. The first-order valence-corrected chi connectivity index (χ1v) is 16.1. The SMILES string of the molecule is Fc1ccc(P(c2ccc(F)cc2)c2ccccc2Oc2ccccc2P(c2ccc(F)cc2)c2ccc(F)cc2)cc1. The van der Waals surface area contributed by atoms with E-state index in [1.807, 2.05) is 48.5 Å². The molecule has 0 aliphatic carbocycles. The normalized spacial score (nSPS) is 11.2. The molecule has 0 spiro atoms. The molecule has 0 amide bonds. The Morgan fingerprint density at radius 1 is 0.326 bits per heavy atom. The van der Waals surface area contributed by atoms with Crippen LogP contribution in [0.25, 0.3) is 0 Å². The Kier molecular flexibility index (Phi) is 8.65. The van der Waals surface area contributed by atoms with E-state index in [4.69, 9.17) is 4.74 Å². The summed E-state index contributed by atoms with van der Waals surface area (Å²) in [6, 6.07) is 40.7. The van der Waals surface area contributed by atoms with Gasteiger partial charge in [-0.05, 0) is 97.7 Å². The second kappa shape index (κ2) is 12.9. The van der Waals surface area contributed by atoms with Gasteiger partial charge in [-0.1, -0.05) is 84.9 Å². The van der Waals surface area contributed by atoms with Crippen LogP contribution in [0.15, 0.2) is 146 Å². The Morgan fingerprint density at radius 3 is 0.860 bits per heavy atom. The van der Waals surface area contributed by atoms with Crippen LogP contribution in [0.4, 0.5) is 17.6 Å². The van der Waals surface area contributed by atoms with Crippen molar-refractivity contribution in [3.63, 3.8) is 0 Å². The quantitative estimate of drug-likeness (QED) is 0.128. The number of ether oxygens (including phenoxy) is 1. The van der Waals surface area contributed by atoms with Crippen LogP contribution < -0.4 is 36.6 Å².